The summed E-state index contributed by atoms with van der Waals surface area (Å²) in [5.74, 6) is -0.509. The predicted octanol–water partition coefficient (Wildman–Crippen LogP) is 2.39. The first-order valence-electron chi connectivity index (χ1n) is 10.2. The van der Waals surface area contributed by atoms with Gasteiger partial charge in [0.15, 0.2) is 0 Å². The SMILES string of the molecule is CC1CCCCC12NC(=O)N(CC(=O)NCCc1cccc3cccnc13)C2=O. The van der Waals surface area contributed by atoms with Crippen LogP contribution in [0.4, 0.5) is 4.79 Å². The number of carbonyl (C=O) groups excluding carboxylic acids is 3. The third kappa shape index (κ3) is 3.57. The fraction of sp³-hybridized carbons (Fsp3) is 0.455. The Labute approximate surface area is 169 Å². The van der Waals surface area contributed by atoms with Gasteiger partial charge in [0.05, 0.1) is 5.52 Å². The van der Waals surface area contributed by atoms with Gasteiger partial charge in [-0.1, -0.05) is 44.0 Å². The van der Waals surface area contributed by atoms with Crippen molar-refractivity contribution in [1.82, 2.24) is 20.5 Å². The van der Waals surface area contributed by atoms with Crippen molar-refractivity contribution in [2.45, 2.75) is 44.6 Å². The molecule has 1 saturated heterocycles. The number of aromatic nitrogens is 1. The molecule has 1 aromatic carbocycles. The largest absolute Gasteiger partial charge is 0.354 e. The van der Waals surface area contributed by atoms with E-state index in [9.17, 15) is 14.4 Å². The third-order valence-corrected chi connectivity index (χ3v) is 6.24. The molecule has 1 aromatic heterocycles. The van der Waals surface area contributed by atoms with Gasteiger partial charge in [0.2, 0.25) is 5.91 Å². The van der Waals surface area contributed by atoms with Gasteiger partial charge < -0.3 is 10.6 Å². The number of fused-ring (bicyclic) bond motifs is 1. The maximum absolute atomic E-state index is 12.9. The van der Waals surface area contributed by atoms with Gasteiger partial charge in [-0.3, -0.25) is 19.5 Å². The van der Waals surface area contributed by atoms with E-state index in [-0.39, 0.29) is 24.3 Å². The monoisotopic (exact) mass is 394 g/mol. The van der Waals surface area contributed by atoms with Crippen LogP contribution < -0.4 is 10.6 Å². The lowest BCUT2D eigenvalue weighted by atomic mass is 9.73. The van der Waals surface area contributed by atoms with E-state index in [4.69, 9.17) is 0 Å². The van der Waals surface area contributed by atoms with Crippen molar-refractivity contribution in [3.63, 3.8) is 0 Å². The van der Waals surface area contributed by atoms with Crippen LogP contribution in [0.15, 0.2) is 36.5 Å². The van der Waals surface area contributed by atoms with E-state index in [1.54, 1.807) is 6.20 Å². The van der Waals surface area contributed by atoms with E-state index in [2.05, 4.69) is 15.6 Å². The highest BCUT2D eigenvalue weighted by molar-refractivity contribution is 6.09. The number of nitrogens with zero attached hydrogens (tertiary/aromatic N) is 2. The Morgan fingerprint density at radius 3 is 2.93 bits per heavy atom. The van der Waals surface area contributed by atoms with Crippen LogP contribution in [-0.2, 0) is 16.0 Å². The number of para-hydroxylation sites is 1. The summed E-state index contributed by atoms with van der Waals surface area (Å²) in [4.78, 5) is 43.2. The molecule has 2 aliphatic rings. The van der Waals surface area contributed by atoms with Crippen molar-refractivity contribution < 1.29 is 14.4 Å². The van der Waals surface area contributed by atoms with Crippen molar-refractivity contribution >= 4 is 28.7 Å². The molecule has 152 valence electrons. The van der Waals surface area contributed by atoms with Gasteiger partial charge in [-0.05, 0) is 36.8 Å². The van der Waals surface area contributed by atoms with Gasteiger partial charge in [0, 0.05) is 18.1 Å². The zero-order valence-electron chi connectivity index (χ0n) is 16.6. The quantitative estimate of drug-likeness (QED) is 0.762. The predicted molar refractivity (Wildman–Crippen MR) is 109 cm³/mol. The number of imide groups is 1. The second kappa shape index (κ2) is 7.81. The molecule has 4 rings (SSSR count). The summed E-state index contributed by atoms with van der Waals surface area (Å²) in [6, 6.07) is 9.41. The normalized spacial score (nSPS) is 24.2. The fourth-order valence-corrected chi connectivity index (χ4v) is 4.54. The average molecular weight is 394 g/mol. The minimum atomic E-state index is -0.829. The Morgan fingerprint density at radius 2 is 2.10 bits per heavy atom. The maximum Gasteiger partial charge on any atom is 0.325 e. The first-order valence-corrected chi connectivity index (χ1v) is 10.2. The fourth-order valence-electron chi connectivity index (χ4n) is 4.54. The second-order valence-electron chi connectivity index (χ2n) is 8.03. The lowest BCUT2D eigenvalue weighted by Gasteiger charge is -2.36. The van der Waals surface area contributed by atoms with Gasteiger partial charge >= 0.3 is 6.03 Å². The highest BCUT2D eigenvalue weighted by Gasteiger charge is 2.55. The standard InChI is InChI=1S/C22H26N4O3/c1-15-6-2-3-11-22(15)20(28)26(21(29)25-22)14-18(27)23-13-10-17-8-4-7-16-9-5-12-24-19(16)17/h4-5,7-9,12,15H,2-3,6,10-11,13-14H2,1H3,(H,23,27)(H,25,29). The minimum Gasteiger partial charge on any atom is -0.354 e. The summed E-state index contributed by atoms with van der Waals surface area (Å²) in [5.41, 5.74) is 1.14. The molecule has 1 aliphatic carbocycles. The number of amides is 4. The number of benzene rings is 1. The van der Waals surface area contributed by atoms with E-state index < -0.39 is 11.6 Å². The summed E-state index contributed by atoms with van der Waals surface area (Å²) in [5, 5.41) is 6.76. The first-order chi connectivity index (χ1) is 14.0. The summed E-state index contributed by atoms with van der Waals surface area (Å²) in [6.07, 6.45) is 5.91. The third-order valence-electron chi connectivity index (χ3n) is 6.24. The van der Waals surface area contributed by atoms with Crippen LogP contribution in [0.2, 0.25) is 0 Å². The zero-order valence-corrected chi connectivity index (χ0v) is 16.6. The molecule has 1 spiro atoms. The van der Waals surface area contributed by atoms with Crippen molar-refractivity contribution in [2.75, 3.05) is 13.1 Å². The number of urea groups is 1. The number of pyridine rings is 1. The molecular formula is C22H26N4O3. The molecule has 29 heavy (non-hydrogen) atoms. The molecule has 2 N–H and O–H groups in total. The van der Waals surface area contributed by atoms with Crippen LogP contribution in [-0.4, -0.2) is 46.4 Å². The molecule has 2 unspecified atom stereocenters. The number of rotatable bonds is 5. The number of carbonyl (C=O) groups is 3. The van der Waals surface area contributed by atoms with Crippen molar-refractivity contribution in [3.05, 3.63) is 42.1 Å². The average Bonchev–Trinajstić information content (AvgIpc) is 2.95. The van der Waals surface area contributed by atoms with Crippen LogP contribution in [0.5, 0.6) is 0 Å². The van der Waals surface area contributed by atoms with Gasteiger partial charge in [0.25, 0.3) is 5.91 Å². The van der Waals surface area contributed by atoms with Gasteiger partial charge in [-0.25, -0.2) is 4.79 Å². The van der Waals surface area contributed by atoms with Crippen molar-refractivity contribution in [1.29, 1.82) is 0 Å². The van der Waals surface area contributed by atoms with E-state index in [0.29, 0.717) is 19.4 Å². The number of nitrogens with one attached hydrogen (secondary N) is 2. The Bertz CT molecular complexity index is 955. The van der Waals surface area contributed by atoms with E-state index in [1.165, 1.54) is 0 Å². The summed E-state index contributed by atoms with van der Waals surface area (Å²) < 4.78 is 0. The molecule has 7 heteroatoms. The molecule has 0 bridgehead atoms. The van der Waals surface area contributed by atoms with E-state index >= 15 is 0 Å². The first kappa shape index (κ1) is 19.4. The molecule has 1 aliphatic heterocycles. The zero-order chi connectivity index (χ0) is 20.4. The van der Waals surface area contributed by atoms with Gasteiger partial charge in [-0.2, -0.15) is 0 Å². The molecule has 2 atom stereocenters. The molecule has 2 heterocycles. The van der Waals surface area contributed by atoms with Crippen molar-refractivity contribution in [3.8, 4) is 0 Å². The summed E-state index contributed by atoms with van der Waals surface area (Å²) in [7, 11) is 0. The molecule has 2 fully saturated rings. The van der Waals surface area contributed by atoms with Gasteiger partial charge in [0.1, 0.15) is 12.1 Å². The van der Waals surface area contributed by atoms with Crippen LogP contribution in [0.25, 0.3) is 10.9 Å². The molecule has 1 saturated carbocycles. The number of hydrogen-bond acceptors (Lipinski definition) is 4. The van der Waals surface area contributed by atoms with E-state index in [1.807, 2.05) is 37.3 Å². The molecule has 0 radical (unpaired) electrons. The Morgan fingerprint density at radius 1 is 1.28 bits per heavy atom. The van der Waals surface area contributed by atoms with Crippen LogP contribution in [0, 0.1) is 5.92 Å². The van der Waals surface area contributed by atoms with Crippen LogP contribution in [0.3, 0.4) is 0 Å². The maximum atomic E-state index is 12.9. The lowest BCUT2D eigenvalue weighted by molar-refractivity contribution is -0.137. The lowest BCUT2D eigenvalue weighted by Crippen LogP contribution is -2.54. The minimum absolute atomic E-state index is 0.0830. The molecular weight excluding hydrogens is 368 g/mol. The summed E-state index contributed by atoms with van der Waals surface area (Å²) >= 11 is 0. The second-order valence-corrected chi connectivity index (χ2v) is 8.03. The summed E-state index contributed by atoms with van der Waals surface area (Å²) in [6.45, 7) is 2.17. The van der Waals surface area contributed by atoms with Crippen LogP contribution in [0.1, 0.15) is 38.2 Å². The Balaban J connectivity index is 1.35. The van der Waals surface area contributed by atoms with Gasteiger partial charge in [-0.15, -0.1) is 0 Å². The topological polar surface area (TPSA) is 91.4 Å². The Kier molecular flexibility index (Phi) is 5.22. The number of hydrogen-bond donors (Lipinski definition) is 2. The smallest absolute Gasteiger partial charge is 0.325 e. The van der Waals surface area contributed by atoms with E-state index in [0.717, 1.165) is 40.6 Å². The van der Waals surface area contributed by atoms with Crippen LogP contribution >= 0.6 is 0 Å². The Hall–Kier alpha value is -2.96. The van der Waals surface area contributed by atoms with Crippen molar-refractivity contribution in [2.24, 2.45) is 5.92 Å². The highest BCUT2D eigenvalue weighted by Crippen LogP contribution is 2.38. The molecule has 2 aromatic rings. The highest BCUT2D eigenvalue weighted by atomic mass is 16.2. The molecule has 7 nitrogen and oxygen atoms in total. The molecule has 4 amide bonds.